The first-order chi connectivity index (χ1) is 25.5. The number of piperidine rings is 1. The Balaban J connectivity index is 1.37. The fraction of sp³-hybridized carbons (Fsp3) is 0.419. The third-order valence-corrected chi connectivity index (χ3v) is 10.4. The molecule has 2 heterocycles. The maximum Gasteiger partial charge on any atom is 0.416 e. The van der Waals surface area contributed by atoms with Crippen LogP contribution in [0.2, 0.25) is 0 Å². The molecule has 2 fully saturated rings. The van der Waals surface area contributed by atoms with E-state index in [9.17, 15) is 31.1 Å². The SMILES string of the molecule is CC(c1ccccc1)N1C2CCCC1(c1ccccc1)CC2OC(COC(c1ccccc1)c1cc(C(F)(F)F)cc(C(F)(F)F)c1)C(=O)OC(C)(C)C. The highest BCUT2D eigenvalue weighted by atomic mass is 19.4. The van der Waals surface area contributed by atoms with Gasteiger partial charge in [-0.3, -0.25) is 4.90 Å². The van der Waals surface area contributed by atoms with Gasteiger partial charge in [-0.15, -0.1) is 0 Å². The molecule has 2 saturated heterocycles. The lowest BCUT2D eigenvalue weighted by atomic mass is 9.80. The van der Waals surface area contributed by atoms with Crippen molar-refractivity contribution >= 4 is 5.97 Å². The summed E-state index contributed by atoms with van der Waals surface area (Å²) >= 11 is 0. The number of carbonyl (C=O) groups excluding carboxylic acids is 1. The second-order valence-electron chi connectivity index (χ2n) is 15.2. The molecule has 6 atom stereocenters. The lowest BCUT2D eigenvalue weighted by molar-refractivity contribution is -0.179. The van der Waals surface area contributed by atoms with Gasteiger partial charge < -0.3 is 14.2 Å². The molecule has 4 aromatic carbocycles. The number of esters is 1. The summed E-state index contributed by atoms with van der Waals surface area (Å²) in [7, 11) is 0. The number of halogens is 6. The van der Waals surface area contributed by atoms with Crippen molar-refractivity contribution in [1.29, 1.82) is 0 Å². The van der Waals surface area contributed by atoms with E-state index in [0.717, 1.165) is 30.4 Å². The summed E-state index contributed by atoms with van der Waals surface area (Å²) in [5.74, 6) is -0.743. The fourth-order valence-electron chi connectivity index (χ4n) is 8.15. The molecule has 288 valence electrons. The smallest absolute Gasteiger partial charge is 0.416 e. The third-order valence-electron chi connectivity index (χ3n) is 10.4. The van der Waals surface area contributed by atoms with E-state index < -0.39 is 65.5 Å². The number of nitrogens with zero attached hydrogens (tertiary/aromatic N) is 1. The molecule has 0 radical (unpaired) electrons. The Morgan fingerprint density at radius 3 is 1.85 bits per heavy atom. The van der Waals surface area contributed by atoms with Crippen LogP contribution < -0.4 is 0 Å². The van der Waals surface area contributed by atoms with Gasteiger partial charge in [0, 0.05) is 17.6 Å². The van der Waals surface area contributed by atoms with E-state index in [1.807, 2.05) is 36.4 Å². The summed E-state index contributed by atoms with van der Waals surface area (Å²) in [6, 6.07) is 29.6. The molecule has 2 bridgehead atoms. The summed E-state index contributed by atoms with van der Waals surface area (Å²) in [6.07, 6.45) is -10.3. The highest BCUT2D eigenvalue weighted by Gasteiger charge is 2.57. The Morgan fingerprint density at radius 1 is 0.778 bits per heavy atom. The predicted octanol–water partition coefficient (Wildman–Crippen LogP) is 10.8. The first-order valence-corrected chi connectivity index (χ1v) is 18.2. The molecule has 6 rings (SSSR count). The molecule has 54 heavy (non-hydrogen) atoms. The van der Waals surface area contributed by atoms with Gasteiger partial charge in [0.2, 0.25) is 0 Å². The number of carbonyl (C=O) groups is 1. The quantitative estimate of drug-likeness (QED) is 0.113. The second-order valence-corrected chi connectivity index (χ2v) is 15.2. The van der Waals surface area contributed by atoms with Crippen LogP contribution in [-0.2, 0) is 36.9 Å². The fourth-order valence-corrected chi connectivity index (χ4v) is 8.15. The Morgan fingerprint density at radius 2 is 1.31 bits per heavy atom. The Labute approximate surface area is 312 Å². The molecule has 6 unspecified atom stereocenters. The summed E-state index contributed by atoms with van der Waals surface area (Å²) in [5.41, 5.74) is -2.09. The number of hydrogen-bond acceptors (Lipinski definition) is 5. The van der Waals surface area contributed by atoms with Gasteiger partial charge in [-0.1, -0.05) is 91.0 Å². The highest BCUT2D eigenvalue weighted by Crippen LogP contribution is 2.55. The molecule has 11 heteroatoms. The van der Waals surface area contributed by atoms with Crippen molar-refractivity contribution < 1.29 is 45.3 Å². The van der Waals surface area contributed by atoms with Gasteiger partial charge in [0.05, 0.1) is 23.8 Å². The lowest BCUT2D eigenvalue weighted by Gasteiger charge is -2.48. The van der Waals surface area contributed by atoms with Crippen LogP contribution >= 0.6 is 0 Å². The van der Waals surface area contributed by atoms with Gasteiger partial charge in [-0.05, 0) is 93.8 Å². The van der Waals surface area contributed by atoms with Gasteiger partial charge in [0.25, 0.3) is 0 Å². The summed E-state index contributed by atoms with van der Waals surface area (Å²) < 4.78 is 103. The van der Waals surface area contributed by atoms with Crippen LogP contribution in [0.3, 0.4) is 0 Å². The Kier molecular flexibility index (Phi) is 11.3. The minimum atomic E-state index is -5.06. The zero-order chi connectivity index (χ0) is 38.9. The number of fused-ring (bicyclic) bond motifs is 2. The Bertz CT molecular complexity index is 1830. The number of ether oxygens (including phenoxy) is 3. The van der Waals surface area contributed by atoms with E-state index in [1.165, 1.54) is 0 Å². The van der Waals surface area contributed by atoms with E-state index in [-0.39, 0.29) is 23.7 Å². The van der Waals surface area contributed by atoms with Gasteiger partial charge >= 0.3 is 18.3 Å². The van der Waals surface area contributed by atoms with Crippen molar-refractivity contribution in [2.75, 3.05) is 6.61 Å². The van der Waals surface area contributed by atoms with Crippen molar-refractivity contribution in [3.05, 3.63) is 143 Å². The molecule has 0 aliphatic carbocycles. The summed E-state index contributed by atoms with van der Waals surface area (Å²) in [6.45, 7) is 6.77. The summed E-state index contributed by atoms with van der Waals surface area (Å²) in [5, 5.41) is 0. The van der Waals surface area contributed by atoms with E-state index in [0.29, 0.717) is 24.1 Å². The molecule has 0 saturated carbocycles. The molecular weight excluding hydrogens is 708 g/mol. The third kappa shape index (κ3) is 8.69. The van der Waals surface area contributed by atoms with Gasteiger partial charge in [-0.2, -0.15) is 26.3 Å². The average Bonchev–Trinajstić information content (AvgIpc) is 3.31. The van der Waals surface area contributed by atoms with Crippen LogP contribution in [0.5, 0.6) is 0 Å². The van der Waals surface area contributed by atoms with E-state index in [2.05, 4.69) is 36.1 Å². The molecule has 0 N–H and O–H groups in total. The van der Waals surface area contributed by atoms with Crippen LogP contribution in [0.15, 0.2) is 109 Å². The van der Waals surface area contributed by atoms with Crippen LogP contribution in [0.1, 0.15) is 98.9 Å². The van der Waals surface area contributed by atoms with E-state index in [4.69, 9.17) is 14.2 Å². The van der Waals surface area contributed by atoms with Crippen LogP contribution in [0.4, 0.5) is 26.3 Å². The van der Waals surface area contributed by atoms with Crippen LogP contribution in [0, 0.1) is 0 Å². The van der Waals surface area contributed by atoms with Crippen molar-refractivity contribution in [1.82, 2.24) is 4.90 Å². The minimum absolute atomic E-state index is 0.0206. The maximum absolute atomic E-state index is 14.0. The first kappa shape index (κ1) is 39.5. The number of alkyl halides is 6. The van der Waals surface area contributed by atoms with Gasteiger partial charge in [0.15, 0.2) is 6.10 Å². The molecule has 4 aromatic rings. The lowest BCUT2D eigenvalue weighted by Crippen LogP contribution is -2.50. The number of benzene rings is 4. The van der Waals surface area contributed by atoms with E-state index >= 15 is 0 Å². The predicted molar refractivity (Wildman–Crippen MR) is 192 cm³/mol. The van der Waals surface area contributed by atoms with Gasteiger partial charge in [0.1, 0.15) is 11.7 Å². The number of hydrogen-bond donors (Lipinski definition) is 0. The van der Waals surface area contributed by atoms with Crippen LogP contribution in [0.25, 0.3) is 0 Å². The second kappa shape index (κ2) is 15.5. The minimum Gasteiger partial charge on any atom is -0.458 e. The van der Waals surface area contributed by atoms with Crippen molar-refractivity contribution in [2.45, 2.75) is 107 Å². The van der Waals surface area contributed by atoms with Crippen LogP contribution in [-0.4, -0.2) is 41.3 Å². The number of rotatable bonds is 11. The van der Waals surface area contributed by atoms with E-state index in [1.54, 1.807) is 51.1 Å². The maximum atomic E-state index is 14.0. The monoisotopic (exact) mass is 753 g/mol. The van der Waals surface area contributed by atoms with Gasteiger partial charge in [-0.25, -0.2) is 4.79 Å². The molecule has 2 aliphatic heterocycles. The van der Waals surface area contributed by atoms with Crippen molar-refractivity contribution in [3.8, 4) is 0 Å². The molecule has 0 amide bonds. The summed E-state index contributed by atoms with van der Waals surface area (Å²) in [4.78, 5) is 16.4. The standard InChI is InChI=1S/C43H45F6NO4/c1-28(29-15-8-5-9-16-29)50-35-21-14-22-41(50,32-19-12-7-13-20-32)26-36(35)53-37(39(51)54-40(2,3)4)27-52-38(30-17-10-6-11-18-30)31-23-33(42(44,45)46)25-34(24-31)43(47,48)49/h5-13,15-20,23-25,28,35-38H,14,21-22,26-27H2,1-4H3. The molecule has 0 spiro atoms. The highest BCUT2D eigenvalue weighted by molar-refractivity contribution is 5.75. The average molecular weight is 754 g/mol. The Hall–Kier alpha value is -4.19. The first-order valence-electron chi connectivity index (χ1n) is 18.2. The normalized spacial score (nSPS) is 22.4. The molecule has 2 aliphatic rings. The molecular formula is C43H45F6NO4. The molecule has 0 aromatic heterocycles. The zero-order valence-corrected chi connectivity index (χ0v) is 30.7. The largest absolute Gasteiger partial charge is 0.458 e. The topological polar surface area (TPSA) is 48.0 Å². The van der Waals surface area contributed by atoms with Crippen molar-refractivity contribution in [2.24, 2.45) is 0 Å². The zero-order valence-electron chi connectivity index (χ0n) is 30.7. The van der Waals surface area contributed by atoms with Crippen molar-refractivity contribution in [3.63, 3.8) is 0 Å². The molecule has 5 nitrogen and oxygen atoms in total.